The van der Waals surface area contributed by atoms with E-state index in [0.29, 0.717) is 0 Å². The van der Waals surface area contributed by atoms with E-state index in [1.54, 1.807) is 54.5 Å². The van der Waals surface area contributed by atoms with Crippen molar-refractivity contribution in [1.82, 2.24) is 0 Å². The van der Waals surface area contributed by atoms with Gasteiger partial charge >= 0.3 is 417 Å². The van der Waals surface area contributed by atoms with Gasteiger partial charge in [0.2, 0.25) is 0 Å². The second kappa shape index (κ2) is 34.7. The molecule has 374 valence electrons. The van der Waals surface area contributed by atoms with Crippen LogP contribution in [0.3, 0.4) is 0 Å². The molecule has 0 spiro atoms. The first-order chi connectivity index (χ1) is 31.9. The van der Waals surface area contributed by atoms with Crippen LogP contribution in [0.15, 0.2) is 84.9 Å². The van der Waals surface area contributed by atoms with E-state index in [1.807, 2.05) is 0 Å². The number of hydrogen-bond acceptors (Lipinski definition) is 0. The third-order valence-corrected chi connectivity index (χ3v) is 22.4. The average molecular weight is 1030 g/mol. The summed E-state index contributed by atoms with van der Waals surface area (Å²) in [5.41, 5.74) is 12.5. The number of rotatable bonds is 34. The molecular weight excluding hydrogens is 939 g/mol. The Balaban J connectivity index is 0.00000529. The van der Waals surface area contributed by atoms with Crippen LogP contribution in [-0.4, -0.2) is 8.07 Å². The molecule has 1 aliphatic rings. The van der Waals surface area contributed by atoms with Gasteiger partial charge in [0.1, 0.15) is 0 Å². The van der Waals surface area contributed by atoms with Crippen LogP contribution >= 0.6 is 0 Å². The minimum Gasteiger partial charge on any atom is -1.00 e. The van der Waals surface area contributed by atoms with Crippen molar-refractivity contribution in [2.24, 2.45) is 0 Å². The average Bonchev–Trinajstić information content (AvgIpc) is 3.67. The third kappa shape index (κ3) is 17.9. The largest absolute Gasteiger partial charge is 1.00 e. The fourth-order valence-corrected chi connectivity index (χ4v) is 19.4. The van der Waals surface area contributed by atoms with Crippen LogP contribution < -0.4 is 52.8 Å². The summed E-state index contributed by atoms with van der Waals surface area (Å²) in [5.74, 6) is 0. The first-order valence-corrected chi connectivity index (χ1v) is 30.6. The monoisotopic (exact) mass is 1030 g/mol. The van der Waals surface area contributed by atoms with Gasteiger partial charge in [0, 0.05) is 0 Å². The summed E-state index contributed by atoms with van der Waals surface area (Å²) in [7, 11) is -2.97. The van der Waals surface area contributed by atoms with Crippen LogP contribution in [0.25, 0.3) is 6.08 Å². The summed E-state index contributed by atoms with van der Waals surface area (Å²) in [4.78, 5) is 0. The second-order valence-corrected chi connectivity index (χ2v) is 26.5. The van der Waals surface area contributed by atoms with Crippen LogP contribution in [0.4, 0.5) is 0 Å². The molecule has 1 aliphatic carbocycles. The van der Waals surface area contributed by atoms with Gasteiger partial charge in [-0.05, 0) is 0 Å². The minimum atomic E-state index is -2.97. The van der Waals surface area contributed by atoms with Gasteiger partial charge in [-0.15, -0.1) is 0 Å². The summed E-state index contributed by atoms with van der Waals surface area (Å²) in [6, 6.07) is 34.4. The first kappa shape index (κ1) is 62.5. The second-order valence-electron chi connectivity index (χ2n) is 20.5. The topological polar surface area (TPSA) is 0 Å². The maximum Gasteiger partial charge on any atom is -1.00 e. The smallest absolute Gasteiger partial charge is 1.00 e. The number of benzene rings is 4. The summed E-state index contributed by atoms with van der Waals surface area (Å²) in [6.07, 6.45) is 43.7. The number of halogens is 3. The number of allylic oxidation sites excluding steroid dienone is 1. The fraction of sp³-hybridized carbons (Fsp3) is 0.587. The van der Waals surface area contributed by atoms with Crippen molar-refractivity contribution in [2.75, 3.05) is 0 Å². The van der Waals surface area contributed by atoms with E-state index in [9.17, 15) is 0 Å². The van der Waals surface area contributed by atoms with Crippen molar-refractivity contribution < 1.29 is 57.7 Å². The number of fused-ring (bicyclic) bond motifs is 1. The predicted molar refractivity (Wildman–Crippen MR) is 288 cm³/mol. The molecule has 0 N–H and O–H groups in total. The molecule has 0 saturated carbocycles. The van der Waals surface area contributed by atoms with Crippen LogP contribution in [0.2, 0.25) is 0 Å². The fourth-order valence-electron chi connectivity index (χ4n) is 11.2. The molecule has 0 nitrogen and oxygen atoms in total. The van der Waals surface area contributed by atoms with Crippen LogP contribution in [0, 0.1) is 0 Å². The van der Waals surface area contributed by atoms with Gasteiger partial charge in [-0.2, -0.15) is 0 Å². The van der Waals surface area contributed by atoms with Crippen molar-refractivity contribution in [2.45, 2.75) is 238 Å². The molecule has 1 unspecified atom stereocenters. The molecule has 68 heavy (non-hydrogen) atoms. The van der Waals surface area contributed by atoms with E-state index >= 15 is 0 Å². The van der Waals surface area contributed by atoms with Gasteiger partial charge < -0.3 is 37.2 Å². The molecule has 0 amide bonds. The molecule has 0 aliphatic heterocycles. The molecule has 0 saturated heterocycles. The van der Waals surface area contributed by atoms with E-state index < -0.39 is 8.07 Å². The molecule has 4 aromatic carbocycles. The SMILES string of the molecule is CCCCCCc1cc(CCCCCC)cc([Si](c2cc(CCCCCC)cc(CCCCCC)c2)(c2cc(CCCCCC)cc(CCCCCC)c2)[C]2([Ti+3])C=Cc3ccccc32)c1.[Cl-].[Cl-].[Cl-]. The Hall–Kier alpha value is -1.58. The van der Waals surface area contributed by atoms with Crippen molar-refractivity contribution in [3.8, 4) is 0 Å². The van der Waals surface area contributed by atoms with Gasteiger partial charge in [0.05, 0.1) is 0 Å². The molecular formula is C63H93Cl3SiTi. The molecule has 1 atom stereocenters. The van der Waals surface area contributed by atoms with E-state index in [0.717, 1.165) is 0 Å². The van der Waals surface area contributed by atoms with E-state index in [1.165, 1.54) is 198 Å². The number of unbranched alkanes of at least 4 members (excludes halogenated alkanes) is 18. The molecule has 0 bridgehead atoms. The zero-order chi connectivity index (χ0) is 46.2. The summed E-state index contributed by atoms with van der Waals surface area (Å²) < 4.78 is -0.176. The van der Waals surface area contributed by atoms with Crippen LogP contribution in [0.1, 0.15) is 240 Å². The van der Waals surface area contributed by atoms with E-state index in [-0.39, 0.29) is 40.6 Å². The Bertz CT molecular complexity index is 1740. The zero-order valence-electron chi connectivity index (χ0n) is 44.0. The Labute approximate surface area is 451 Å². The number of hydrogen-bond donors (Lipinski definition) is 0. The Kier molecular flexibility index (Phi) is 31.9. The van der Waals surface area contributed by atoms with E-state index in [2.05, 4.69) is 153 Å². The molecule has 4 aromatic rings. The quantitative estimate of drug-likeness (QED) is 0.0254. The molecule has 5 heteroatoms. The summed E-state index contributed by atoms with van der Waals surface area (Å²) in [5, 5.41) is 5.00. The third-order valence-electron chi connectivity index (χ3n) is 14.9. The summed E-state index contributed by atoms with van der Waals surface area (Å²) in [6.45, 7) is 14.1. The van der Waals surface area contributed by atoms with Gasteiger partial charge in [0.25, 0.3) is 0 Å². The Morgan fingerprint density at radius 1 is 0.353 bits per heavy atom. The molecule has 0 heterocycles. The van der Waals surface area contributed by atoms with Gasteiger partial charge in [-0.25, -0.2) is 0 Å². The van der Waals surface area contributed by atoms with Crippen molar-refractivity contribution in [3.63, 3.8) is 0 Å². The predicted octanol–water partition coefficient (Wildman–Crippen LogP) is 7.91. The first-order valence-electron chi connectivity index (χ1n) is 27.8. The number of aryl methyl sites for hydroxylation is 6. The standard InChI is InChI=1S/C63H93Si.3ClH.Ti/c1-7-13-19-25-33-52-43-53(34-26-20-14-8-2)47-59(46-52)64(63-42-41-58-39-31-32-40-62(58)63,60-48-54(35-27-21-15-9-3)44-55(49-60)36-28-22-16-10-4)61-50-56(37-29-23-17-11-5)45-57(51-61)38-30-24-18-12-6;;;;/h31-32,39-51H,7-30,33-38H2,1-6H3;3*1H;/q;;;;+3/p-3. The Morgan fingerprint density at radius 3 is 0.882 bits per heavy atom. The van der Waals surface area contributed by atoms with Crippen molar-refractivity contribution in [1.29, 1.82) is 0 Å². The molecule has 5 rings (SSSR count). The van der Waals surface area contributed by atoms with Crippen molar-refractivity contribution >= 4 is 29.7 Å². The maximum absolute atomic E-state index is 2.97. The molecule has 0 aromatic heterocycles. The van der Waals surface area contributed by atoms with Gasteiger partial charge in [-0.1, -0.05) is 0 Å². The normalized spacial score (nSPS) is 14.1. The minimum absolute atomic E-state index is 0. The van der Waals surface area contributed by atoms with Crippen LogP contribution in [-0.2, 0) is 62.3 Å². The Morgan fingerprint density at radius 2 is 0.618 bits per heavy atom. The zero-order valence-corrected chi connectivity index (χ0v) is 48.8. The van der Waals surface area contributed by atoms with Crippen LogP contribution in [0.5, 0.6) is 0 Å². The summed E-state index contributed by atoms with van der Waals surface area (Å²) >= 11 is 2.71. The molecule has 0 fully saturated rings. The van der Waals surface area contributed by atoms with Crippen molar-refractivity contribution in [3.05, 3.63) is 129 Å². The maximum atomic E-state index is 2.80. The molecule has 0 radical (unpaired) electrons. The van der Waals surface area contributed by atoms with E-state index in [4.69, 9.17) is 0 Å². The van der Waals surface area contributed by atoms with Gasteiger partial charge in [-0.3, -0.25) is 0 Å². The van der Waals surface area contributed by atoms with Gasteiger partial charge in [0.15, 0.2) is 0 Å².